The molecule has 0 aliphatic heterocycles. The molecule has 0 aliphatic carbocycles. The van der Waals surface area contributed by atoms with Crippen molar-refractivity contribution in [2.45, 2.75) is 6.42 Å². The number of carbonyl (C=O) groups excluding carboxylic acids is 1. The highest BCUT2D eigenvalue weighted by Crippen LogP contribution is 2.15. The Labute approximate surface area is 134 Å². The molecule has 106 valence electrons. The minimum Gasteiger partial charge on any atom is -0.345 e. The van der Waals surface area contributed by atoms with Gasteiger partial charge < -0.3 is 5.32 Å². The highest BCUT2D eigenvalue weighted by Gasteiger charge is 2.04. The van der Waals surface area contributed by atoms with Crippen LogP contribution in [0.4, 0.5) is 0 Å². The molecule has 0 aliphatic rings. The van der Waals surface area contributed by atoms with Gasteiger partial charge in [0.1, 0.15) is 0 Å². The molecule has 0 spiro atoms. The van der Waals surface area contributed by atoms with Crippen molar-refractivity contribution in [3.8, 4) is 11.8 Å². The third kappa shape index (κ3) is 5.15. The van der Waals surface area contributed by atoms with Crippen LogP contribution in [0.5, 0.6) is 0 Å². The maximum absolute atomic E-state index is 11.8. The van der Waals surface area contributed by atoms with Gasteiger partial charge in [-0.1, -0.05) is 59.3 Å². The van der Waals surface area contributed by atoms with Crippen LogP contribution in [0, 0.1) is 11.8 Å². The SMILES string of the molecule is O=C(Cc1ccccc1Cl)NCC#Cc1cccc(Cl)c1. The van der Waals surface area contributed by atoms with E-state index in [0.717, 1.165) is 11.1 Å². The summed E-state index contributed by atoms with van der Waals surface area (Å²) in [7, 11) is 0. The summed E-state index contributed by atoms with van der Waals surface area (Å²) in [5.41, 5.74) is 1.63. The number of hydrogen-bond donors (Lipinski definition) is 1. The Morgan fingerprint density at radius 3 is 2.67 bits per heavy atom. The first-order valence-corrected chi connectivity index (χ1v) is 7.15. The normalized spacial score (nSPS) is 9.62. The van der Waals surface area contributed by atoms with Gasteiger partial charge in [0, 0.05) is 15.6 Å². The van der Waals surface area contributed by atoms with E-state index in [-0.39, 0.29) is 18.9 Å². The molecule has 21 heavy (non-hydrogen) atoms. The largest absolute Gasteiger partial charge is 0.345 e. The minimum atomic E-state index is -0.108. The molecule has 0 radical (unpaired) electrons. The number of hydrogen-bond acceptors (Lipinski definition) is 1. The fraction of sp³-hybridized carbons (Fsp3) is 0.118. The zero-order chi connectivity index (χ0) is 15.1. The first-order valence-electron chi connectivity index (χ1n) is 6.40. The third-order valence-corrected chi connectivity index (χ3v) is 3.34. The van der Waals surface area contributed by atoms with Gasteiger partial charge in [-0.05, 0) is 29.8 Å². The second kappa shape index (κ2) is 7.73. The number of benzene rings is 2. The lowest BCUT2D eigenvalue weighted by Crippen LogP contribution is -2.25. The van der Waals surface area contributed by atoms with Crippen LogP contribution in [0.1, 0.15) is 11.1 Å². The quantitative estimate of drug-likeness (QED) is 0.859. The Kier molecular flexibility index (Phi) is 5.68. The summed E-state index contributed by atoms with van der Waals surface area (Å²) in [6, 6.07) is 14.6. The lowest BCUT2D eigenvalue weighted by molar-refractivity contribution is -0.120. The molecule has 1 amide bonds. The van der Waals surface area contributed by atoms with Gasteiger partial charge in [-0.3, -0.25) is 4.79 Å². The van der Waals surface area contributed by atoms with E-state index in [1.165, 1.54) is 0 Å². The Morgan fingerprint density at radius 1 is 1.10 bits per heavy atom. The summed E-state index contributed by atoms with van der Waals surface area (Å²) < 4.78 is 0. The molecule has 0 unspecified atom stereocenters. The summed E-state index contributed by atoms with van der Waals surface area (Å²) in [6.45, 7) is 0.287. The van der Waals surface area contributed by atoms with Crippen molar-refractivity contribution in [1.82, 2.24) is 5.32 Å². The van der Waals surface area contributed by atoms with E-state index in [1.54, 1.807) is 18.2 Å². The third-order valence-electron chi connectivity index (χ3n) is 2.74. The summed E-state index contributed by atoms with van der Waals surface area (Å²) in [5, 5.41) is 3.98. The zero-order valence-electron chi connectivity index (χ0n) is 11.2. The van der Waals surface area contributed by atoms with Crippen LogP contribution in [0.15, 0.2) is 48.5 Å². The van der Waals surface area contributed by atoms with E-state index in [0.29, 0.717) is 10.0 Å². The molecule has 1 N–H and O–H groups in total. The number of rotatable bonds is 3. The van der Waals surface area contributed by atoms with Crippen molar-refractivity contribution in [2.24, 2.45) is 0 Å². The number of amides is 1. The maximum atomic E-state index is 11.8. The van der Waals surface area contributed by atoms with Crippen LogP contribution in [0.3, 0.4) is 0 Å². The Balaban J connectivity index is 1.84. The van der Waals surface area contributed by atoms with Crippen LogP contribution >= 0.6 is 23.2 Å². The van der Waals surface area contributed by atoms with Crippen LogP contribution in [0.2, 0.25) is 10.0 Å². The minimum absolute atomic E-state index is 0.108. The van der Waals surface area contributed by atoms with E-state index in [9.17, 15) is 4.79 Å². The molecule has 0 bridgehead atoms. The molecular formula is C17H13Cl2NO. The van der Waals surface area contributed by atoms with Gasteiger partial charge in [-0.2, -0.15) is 0 Å². The smallest absolute Gasteiger partial charge is 0.225 e. The molecule has 4 heteroatoms. The first kappa shape index (κ1) is 15.4. The fourth-order valence-electron chi connectivity index (χ4n) is 1.73. The fourth-order valence-corrected chi connectivity index (χ4v) is 2.13. The van der Waals surface area contributed by atoms with Gasteiger partial charge in [0.2, 0.25) is 5.91 Å². The molecular weight excluding hydrogens is 305 g/mol. The average Bonchev–Trinajstić information content (AvgIpc) is 2.46. The van der Waals surface area contributed by atoms with Crippen LogP contribution in [0.25, 0.3) is 0 Å². The van der Waals surface area contributed by atoms with Gasteiger partial charge >= 0.3 is 0 Å². The maximum Gasteiger partial charge on any atom is 0.225 e. The number of carbonyl (C=O) groups is 1. The first-order chi connectivity index (χ1) is 10.1. The molecule has 2 aromatic carbocycles. The van der Waals surface area contributed by atoms with Crippen molar-refractivity contribution in [3.63, 3.8) is 0 Å². The highest BCUT2D eigenvalue weighted by molar-refractivity contribution is 6.31. The monoisotopic (exact) mass is 317 g/mol. The van der Waals surface area contributed by atoms with Crippen molar-refractivity contribution in [2.75, 3.05) is 6.54 Å². The highest BCUT2D eigenvalue weighted by atomic mass is 35.5. The Morgan fingerprint density at radius 2 is 1.90 bits per heavy atom. The predicted octanol–water partition coefficient (Wildman–Crippen LogP) is 3.70. The van der Waals surface area contributed by atoms with E-state index in [4.69, 9.17) is 23.2 Å². The van der Waals surface area contributed by atoms with Gasteiger partial charge in [-0.25, -0.2) is 0 Å². The topological polar surface area (TPSA) is 29.1 Å². The average molecular weight is 318 g/mol. The van der Waals surface area contributed by atoms with E-state index in [1.807, 2.05) is 30.3 Å². The summed E-state index contributed by atoms with van der Waals surface area (Å²) in [4.78, 5) is 11.8. The van der Waals surface area contributed by atoms with E-state index in [2.05, 4.69) is 17.2 Å². The van der Waals surface area contributed by atoms with E-state index < -0.39 is 0 Å². The summed E-state index contributed by atoms with van der Waals surface area (Å²) >= 11 is 11.9. The molecule has 2 nitrogen and oxygen atoms in total. The summed E-state index contributed by atoms with van der Waals surface area (Å²) in [5.74, 6) is 5.72. The van der Waals surface area contributed by atoms with E-state index >= 15 is 0 Å². The standard InChI is InChI=1S/C17H13Cl2NO/c18-15-8-3-5-13(11-15)6-4-10-20-17(21)12-14-7-1-2-9-16(14)19/h1-3,5,7-9,11H,10,12H2,(H,20,21). The van der Waals surface area contributed by atoms with Crippen molar-refractivity contribution in [3.05, 3.63) is 69.7 Å². The molecule has 0 atom stereocenters. The van der Waals surface area contributed by atoms with Crippen LogP contribution in [-0.2, 0) is 11.2 Å². The van der Waals surface area contributed by atoms with Gasteiger partial charge in [0.25, 0.3) is 0 Å². The van der Waals surface area contributed by atoms with Crippen molar-refractivity contribution >= 4 is 29.1 Å². The predicted molar refractivity (Wildman–Crippen MR) is 86.5 cm³/mol. The number of nitrogens with one attached hydrogen (secondary N) is 1. The Bertz CT molecular complexity index is 701. The molecule has 0 heterocycles. The molecule has 2 rings (SSSR count). The second-order valence-electron chi connectivity index (χ2n) is 4.36. The van der Waals surface area contributed by atoms with Crippen molar-refractivity contribution < 1.29 is 4.79 Å². The van der Waals surface area contributed by atoms with Gasteiger partial charge in [-0.15, -0.1) is 0 Å². The second-order valence-corrected chi connectivity index (χ2v) is 5.20. The molecule has 2 aromatic rings. The lowest BCUT2D eigenvalue weighted by atomic mass is 10.1. The number of halogens is 2. The van der Waals surface area contributed by atoms with Gasteiger partial charge in [0.15, 0.2) is 0 Å². The molecule has 0 saturated carbocycles. The van der Waals surface area contributed by atoms with Crippen LogP contribution < -0.4 is 5.32 Å². The van der Waals surface area contributed by atoms with Gasteiger partial charge in [0.05, 0.1) is 13.0 Å². The summed E-state index contributed by atoms with van der Waals surface area (Å²) in [6.07, 6.45) is 0.249. The Hall–Kier alpha value is -1.95. The molecule has 0 aromatic heterocycles. The zero-order valence-corrected chi connectivity index (χ0v) is 12.7. The van der Waals surface area contributed by atoms with Crippen LogP contribution in [-0.4, -0.2) is 12.5 Å². The molecule has 0 saturated heterocycles. The van der Waals surface area contributed by atoms with Crippen molar-refractivity contribution in [1.29, 1.82) is 0 Å². The molecule has 0 fully saturated rings. The lowest BCUT2D eigenvalue weighted by Gasteiger charge is -2.03.